The lowest BCUT2D eigenvalue weighted by Gasteiger charge is -2.29. The molecule has 2 aromatic carbocycles. The summed E-state index contributed by atoms with van der Waals surface area (Å²) in [5.74, 6) is -1.95. The van der Waals surface area contributed by atoms with E-state index in [-0.39, 0.29) is 5.57 Å². The van der Waals surface area contributed by atoms with E-state index in [9.17, 15) is 9.59 Å². The van der Waals surface area contributed by atoms with Gasteiger partial charge in [-0.3, -0.25) is 0 Å². The van der Waals surface area contributed by atoms with Crippen LogP contribution in [0.25, 0.3) is 22.8 Å². The van der Waals surface area contributed by atoms with Crippen LogP contribution in [-0.2, 0) is 19.1 Å². The number of nitrogens with zero attached hydrogens (tertiary/aromatic N) is 2. The fraction of sp³-hybridized carbons (Fsp3) is 0.143. The van der Waals surface area contributed by atoms with Gasteiger partial charge in [-0.05, 0) is 18.2 Å². The van der Waals surface area contributed by atoms with Crippen LogP contribution in [0.2, 0.25) is 0 Å². The van der Waals surface area contributed by atoms with Gasteiger partial charge >= 0.3 is 11.9 Å². The Labute approximate surface area is 166 Å². The first-order valence-corrected chi connectivity index (χ1v) is 8.84. The summed E-state index contributed by atoms with van der Waals surface area (Å²) in [5.41, 5.74) is 1.91. The van der Waals surface area contributed by atoms with Gasteiger partial charge in [0.2, 0.25) is 5.82 Å². The molecule has 29 heavy (non-hydrogen) atoms. The van der Waals surface area contributed by atoms with Gasteiger partial charge in [0.1, 0.15) is 0 Å². The molecule has 1 aromatic heterocycles. The van der Waals surface area contributed by atoms with Gasteiger partial charge in [0, 0.05) is 36.9 Å². The average molecular weight is 391 g/mol. The van der Waals surface area contributed by atoms with E-state index in [1.807, 2.05) is 36.4 Å². The Hall–Kier alpha value is -3.94. The lowest BCUT2D eigenvalue weighted by atomic mass is 10.2. The number of esters is 2. The molecule has 0 saturated carbocycles. The molecule has 0 aliphatic carbocycles. The Kier molecular flexibility index (Phi) is 4.59. The summed E-state index contributed by atoms with van der Waals surface area (Å²) in [5, 5.41) is 6.90. The van der Waals surface area contributed by atoms with E-state index in [2.05, 4.69) is 15.5 Å². The smallest absolute Gasteiger partial charge is 0.350 e. The zero-order valence-electron chi connectivity index (χ0n) is 15.7. The van der Waals surface area contributed by atoms with E-state index in [4.69, 9.17) is 14.0 Å². The zero-order valence-corrected chi connectivity index (χ0v) is 15.7. The molecule has 1 saturated heterocycles. The Morgan fingerprint density at radius 1 is 0.931 bits per heavy atom. The lowest BCUT2D eigenvalue weighted by molar-refractivity contribution is -0.222. The molecule has 0 bridgehead atoms. The van der Waals surface area contributed by atoms with Gasteiger partial charge in [-0.1, -0.05) is 41.6 Å². The molecule has 8 heteroatoms. The fourth-order valence-electron chi connectivity index (χ4n) is 2.72. The Morgan fingerprint density at radius 2 is 1.62 bits per heavy atom. The minimum atomic E-state index is -1.28. The molecule has 1 fully saturated rings. The molecule has 1 aliphatic heterocycles. The highest BCUT2D eigenvalue weighted by Gasteiger charge is 2.38. The third-order valence-electron chi connectivity index (χ3n) is 4.07. The van der Waals surface area contributed by atoms with Crippen LogP contribution in [0.3, 0.4) is 0 Å². The number of rotatable bonds is 4. The first-order valence-electron chi connectivity index (χ1n) is 8.84. The summed E-state index contributed by atoms with van der Waals surface area (Å²) in [6, 6.07) is 16.6. The second-order valence-electron chi connectivity index (χ2n) is 6.75. The highest BCUT2D eigenvalue weighted by atomic mass is 16.7. The topological polar surface area (TPSA) is 104 Å². The van der Waals surface area contributed by atoms with Crippen molar-refractivity contribution in [1.29, 1.82) is 0 Å². The van der Waals surface area contributed by atoms with Gasteiger partial charge in [-0.15, -0.1) is 0 Å². The number of carbonyl (C=O) groups is 2. The van der Waals surface area contributed by atoms with Gasteiger partial charge in [-0.2, -0.15) is 4.98 Å². The van der Waals surface area contributed by atoms with Crippen LogP contribution in [0.1, 0.15) is 13.8 Å². The second kappa shape index (κ2) is 7.23. The van der Waals surface area contributed by atoms with Crippen molar-refractivity contribution in [2.24, 2.45) is 0 Å². The maximum atomic E-state index is 12.0. The largest absolute Gasteiger partial charge is 0.419 e. The predicted octanol–water partition coefficient (Wildman–Crippen LogP) is 3.54. The molecular formula is C21H17N3O5. The summed E-state index contributed by atoms with van der Waals surface area (Å²) in [4.78, 5) is 28.4. The monoisotopic (exact) mass is 391 g/mol. The maximum absolute atomic E-state index is 12.0. The molecule has 1 aliphatic rings. The number of benzene rings is 2. The van der Waals surface area contributed by atoms with Crippen LogP contribution in [0, 0.1) is 0 Å². The third-order valence-corrected chi connectivity index (χ3v) is 4.07. The van der Waals surface area contributed by atoms with Crippen molar-refractivity contribution in [3.05, 3.63) is 66.4 Å². The quantitative estimate of drug-likeness (QED) is 0.409. The fourth-order valence-corrected chi connectivity index (χ4v) is 2.72. The normalized spacial score (nSPS) is 15.4. The predicted molar refractivity (Wildman–Crippen MR) is 103 cm³/mol. The van der Waals surface area contributed by atoms with Gasteiger partial charge in [0.05, 0.1) is 0 Å². The second-order valence-corrected chi connectivity index (χ2v) is 6.75. The van der Waals surface area contributed by atoms with Crippen LogP contribution < -0.4 is 5.32 Å². The van der Waals surface area contributed by atoms with Crippen molar-refractivity contribution < 1.29 is 23.6 Å². The van der Waals surface area contributed by atoms with Crippen molar-refractivity contribution in [3.8, 4) is 22.8 Å². The van der Waals surface area contributed by atoms with E-state index >= 15 is 0 Å². The van der Waals surface area contributed by atoms with E-state index < -0.39 is 17.7 Å². The van der Waals surface area contributed by atoms with E-state index in [0.29, 0.717) is 23.0 Å². The molecule has 3 aromatic rings. The van der Waals surface area contributed by atoms with E-state index in [0.717, 1.165) is 5.56 Å². The summed E-state index contributed by atoms with van der Waals surface area (Å²) in [6.45, 7) is 2.98. The number of ether oxygens (including phenoxy) is 2. The molecule has 1 N–H and O–H groups in total. The molecule has 2 heterocycles. The molecular weight excluding hydrogens is 374 g/mol. The van der Waals surface area contributed by atoms with Gasteiger partial charge in [-0.25, -0.2) is 9.59 Å². The molecule has 0 spiro atoms. The van der Waals surface area contributed by atoms with Gasteiger partial charge in [0.25, 0.3) is 11.7 Å². The number of aromatic nitrogens is 2. The van der Waals surface area contributed by atoms with Gasteiger partial charge < -0.3 is 19.3 Å². The van der Waals surface area contributed by atoms with Crippen molar-refractivity contribution in [2.75, 3.05) is 5.32 Å². The van der Waals surface area contributed by atoms with Crippen LogP contribution >= 0.6 is 0 Å². The Balaban J connectivity index is 1.54. The summed E-state index contributed by atoms with van der Waals surface area (Å²) in [6.07, 6.45) is 1.25. The molecule has 0 radical (unpaired) electrons. The number of carbonyl (C=O) groups excluding carboxylic acids is 2. The molecule has 0 atom stereocenters. The summed E-state index contributed by atoms with van der Waals surface area (Å²) >= 11 is 0. The number of hydrogen-bond acceptors (Lipinski definition) is 8. The number of cyclic esters (lactones) is 2. The van der Waals surface area contributed by atoms with E-state index in [1.165, 1.54) is 20.0 Å². The summed E-state index contributed by atoms with van der Waals surface area (Å²) in [7, 11) is 0. The number of anilines is 1. The zero-order chi connectivity index (χ0) is 20.4. The maximum Gasteiger partial charge on any atom is 0.350 e. The van der Waals surface area contributed by atoms with Crippen molar-refractivity contribution >= 4 is 17.6 Å². The Bertz CT molecular complexity index is 1080. The van der Waals surface area contributed by atoms with Crippen LogP contribution in [0.4, 0.5) is 5.69 Å². The van der Waals surface area contributed by atoms with Crippen LogP contribution in [0.5, 0.6) is 0 Å². The van der Waals surface area contributed by atoms with Crippen molar-refractivity contribution in [3.63, 3.8) is 0 Å². The lowest BCUT2D eigenvalue weighted by Crippen LogP contribution is -2.42. The van der Waals surface area contributed by atoms with Crippen molar-refractivity contribution in [1.82, 2.24) is 10.1 Å². The number of nitrogens with one attached hydrogen (secondary N) is 1. The highest BCUT2D eigenvalue weighted by Crippen LogP contribution is 2.25. The number of hydrogen-bond donors (Lipinski definition) is 1. The first-order chi connectivity index (χ1) is 13.9. The van der Waals surface area contributed by atoms with Crippen LogP contribution in [-0.4, -0.2) is 27.9 Å². The highest BCUT2D eigenvalue weighted by molar-refractivity contribution is 6.15. The van der Waals surface area contributed by atoms with Gasteiger partial charge in [0.15, 0.2) is 5.57 Å². The molecule has 0 amide bonds. The van der Waals surface area contributed by atoms with Crippen LogP contribution in [0.15, 0.2) is 70.9 Å². The Morgan fingerprint density at radius 3 is 2.34 bits per heavy atom. The minimum absolute atomic E-state index is 0.223. The minimum Gasteiger partial charge on any atom is -0.419 e. The SMILES string of the molecule is CC1(C)OC(=O)C(=CNc2cccc(-c3nc(-c4ccccc4)no3)c2)C(=O)O1. The first kappa shape index (κ1) is 18.4. The molecule has 0 unspecified atom stereocenters. The molecule has 8 nitrogen and oxygen atoms in total. The average Bonchev–Trinajstić information content (AvgIpc) is 3.18. The third kappa shape index (κ3) is 4.01. The molecule has 4 rings (SSSR count). The van der Waals surface area contributed by atoms with E-state index in [1.54, 1.807) is 18.2 Å². The molecule has 146 valence electrons. The standard InChI is InChI=1S/C21H17N3O5/c1-21(2)27-19(25)16(20(26)28-21)12-22-15-10-6-9-14(11-15)18-23-17(24-29-18)13-7-4-3-5-8-13/h3-12,22H,1-2H3. The van der Waals surface area contributed by atoms with Crippen molar-refractivity contribution in [2.45, 2.75) is 19.6 Å². The summed E-state index contributed by atoms with van der Waals surface area (Å²) < 4.78 is 15.5.